The number of hydrogen-bond acceptors (Lipinski definition) is 2. The highest BCUT2D eigenvalue weighted by Gasteiger charge is 2.43. The molecule has 0 unspecified atom stereocenters. The molecule has 3 rings (SSSR count). The van der Waals surface area contributed by atoms with Crippen molar-refractivity contribution in [1.29, 1.82) is 0 Å². The first-order valence-corrected chi connectivity index (χ1v) is 7.40. The number of urea groups is 1. The summed E-state index contributed by atoms with van der Waals surface area (Å²) in [4.78, 5) is 27.8. The van der Waals surface area contributed by atoms with Gasteiger partial charge in [0.1, 0.15) is 6.04 Å². The van der Waals surface area contributed by atoms with Crippen LogP contribution < -0.4 is 4.90 Å². The zero-order valence-electron chi connectivity index (χ0n) is 12.1. The van der Waals surface area contributed by atoms with Gasteiger partial charge in [-0.05, 0) is 36.8 Å². The third kappa shape index (κ3) is 2.57. The average Bonchev–Trinajstić information content (AvgIpc) is 2.73. The molecule has 0 radical (unpaired) electrons. The Morgan fingerprint density at radius 1 is 1.00 bits per heavy atom. The molecule has 0 aromatic heterocycles. The van der Waals surface area contributed by atoms with E-state index in [-0.39, 0.29) is 18.5 Å². The zero-order valence-corrected chi connectivity index (χ0v) is 12.8. The van der Waals surface area contributed by atoms with Gasteiger partial charge in [0, 0.05) is 10.7 Å². The van der Waals surface area contributed by atoms with Gasteiger partial charge in [0.05, 0.1) is 6.54 Å². The molecule has 5 heteroatoms. The van der Waals surface area contributed by atoms with Gasteiger partial charge in [0.25, 0.3) is 5.91 Å². The first kappa shape index (κ1) is 14.6. The molecular weight excluding hydrogens is 300 g/mol. The SMILES string of the molecule is C[C@@H]1C(=O)N(Cc2ccccc2)C(=O)N1c1ccc(Cl)cc1. The van der Waals surface area contributed by atoms with Crippen molar-refractivity contribution in [3.8, 4) is 0 Å². The lowest BCUT2D eigenvalue weighted by atomic mass is 10.2. The monoisotopic (exact) mass is 314 g/mol. The zero-order chi connectivity index (χ0) is 15.7. The third-order valence-electron chi connectivity index (χ3n) is 3.74. The molecular formula is C17H15ClN2O2. The van der Waals surface area contributed by atoms with E-state index in [9.17, 15) is 9.59 Å². The Labute approximate surface area is 133 Å². The number of rotatable bonds is 3. The van der Waals surface area contributed by atoms with E-state index in [4.69, 9.17) is 11.6 Å². The standard InChI is InChI=1S/C17H15ClN2O2/c1-12-16(21)19(11-13-5-3-2-4-6-13)17(22)20(12)15-9-7-14(18)8-10-15/h2-10,12H,11H2,1H3/t12-/m1/s1. The second kappa shape index (κ2) is 5.81. The summed E-state index contributed by atoms with van der Waals surface area (Å²) < 4.78 is 0. The van der Waals surface area contributed by atoms with Crippen molar-refractivity contribution in [2.24, 2.45) is 0 Å². The number of nitrogens with zero attached hydrogens (tertiary/aromatic N) is 2. The van der Waals surface area contributed by atoms with Gasteiger partial charge < -0.3 is 0 Å². The Balaban J connectivity index is 1.87. The van der Waals surface area contributed by atoms with Crippen LogP contribution in [0.4, 0.5) is 10.5 Å². The lowest BCUT2D eigenvalue weighted by Gasteiger charge is -2.19. The van der Waals surface area contributed by atoms with E-state index in [1.165, 1.54) is 9.80 Å². The van der Waals surface area contributed by atoms with Crippen LogP contribution in [0.5, 0.6) is 0 Å². The van der Waals surface area contributed by atoms with Gasteiger partial charge in [-0.3, -0.25) is 14.6 Å². The summed E-state index contributed by atoms with van der Waals surface area (Å²) in [7, 11) is 0. The molecule has 1 aliphatic heterocycles. The largest absolute Gasteiger partial charge is 0.332 e. The summed E-state index contributed by atoms with van der Waals surface area (Å²) in [5.74, 6) is -0.191. The molecule has 1 saturated heterocycles. The first-order valence-electron chi connectivity index (χ1n) is 7.02. The summed E-state index contributed by atoms with van der Waals surface area (Å²) in [6.07, 6.45) is 0. The Kier molecular flexibility index (Phi) is 3.86. The number of hydrogen-bond donors (Lipinski definition) is 0. The lowest BCUT2D eigenvalue weighted by molar-refractivity contribution is -0.127. The van der Waals surface area contributed by atoms with Gasteiger partial charge in [-0.25, -0.2) is 4.79 Å². The van der Waals surface area contributed by atoms with Crippen LogP contribution in [0, 0.1) is 0 Å². The van der Waals surface area contributed by atoms with Gasteiger partial charge in [0.15, 0.2) is 0 Å². The Morgan fingerprint density at radius 2 is 1.64 bits per heavy atom. The van der Waals surface area contributed by atoms with Crippen molar-refractivity contribution in [2.75, 3.05) is 4.90 Å². The van der Waals surface area contributed by atoms with Crippen molar-refractivity contribution in [3.63, 3.8) is 0 Å². The Bertz CT molecular complexity index is 700. The van der Waals surface area contributed by atoms with E-state index in [0.29, 0.717) is 10.7 Å². The number of carbonyl (C=O) groups is 2. The number of halogens is 1. The molecule has 1 fully saturated rings. The minimum Gasteiger partial charge on any atom is -0.282 e. The van der Waals surface area contributed by atoms with Crippen LogP contribution in [-0.2, 0) is 11.3 Å². The van der Waals surface area contributed by atoms with Crippen molar-refractivity contribution in [2.45, 2.75) is 19.5 Å². The number of amides is 3. The summed E-state index contributed by atoms with van der Waals surface area (Å²) in [6.45, 7) is 2.02. The molecule has 2 aromatic rings. The maximum Gasteiger partial charge on any atom is 0.332 e. The average molecular weight is 315 g/mol. The maximum atomic E-state index is 12.6. The van der Waals surface area contributed by atoms with Crippen LogP contribution in [0.15, 0.2) is 54.6 Å². The number of imide groups is 1. The second-order valence-electron chi connectivity index (χ2n) is 5.21. The van der Waals surface area contributed by atoms with Gasteiger partial charge in [-0.2, -0.15) is 0 Å². The van der Waals surface area contributed by atoms with Crippen LogP contribution in [0.25, 0.3) is 0 Å². The van der Waals surface area contributed by atoms with Gasteiger partial charge in [-0.1, -0.05) is 41.9 Å². The summed E-state index contributed by atoms with van der Waals surface area (Å²) >= 11 is 5.87. The highest BCUT2D eigenvalue weighted by Crippen LogP contribution is 2.27. The van der Waals surface area contributed by atoms with Crippen LogP contribution in [0.2, 0.25) is 5.02 Å². The number of carbonyl (C=O) groups excluding carboxylic acids is 2. The predicted molar refractivity (Wildman–Crippen MR) is 85.8 cm³/mol. The van der Waals surface area contributed by atoms with Gasteiger partial charge >= 0.3 is 6.03 Å². The summed E-state index contributed by atoms with van der Waals surface area (Å²) in [6, 6.07) is 15.6. The molecule has 3 amide bonds. The Morgan fingerprint density at radius 3 is 2.27 bits per heavy atom. The van der Waals surface area contributed by atoms with Gasteiger partial charge in [-0.15, -0.1) is 0 Å². The van der Waals surface area contributed by atoms with Gasteiger partial charge in [0.2, 0.25) is 0 Å². The van der Waals surface area contributed by atoms with Crippen LogP contribution in [0.3, 0.4) is 0 Å². The molecule has 0 spiro atoms. The minimum atomic E-state index is -0.516. The second-order valence-corrected chi connectivity index (χ2v) is 5.65. The van der Waals surface area contributed by atoms with Crippen molar-refractivity contribution >= 4 is 29.2 Å². The molecule has 2 aromatic carbocycles. The van der Waals surface area contributed by atoms with Crippen molar-refractivity contribution in [3.05, 3.63) is 65.2 Å². The fourth-order valence-corrected chi connectivity index (χ4v) is 2.70. The summed E-state index contributed by atoms with van der Waals surface area (Å²) in [5, 5.41) is 0.593. The van der Waals surface area contributed by atoms with Crippen LogP contribution in [0.1, 0.15) is 12.5 Å². The van der Waals surface area contributed by atoms with E-state index in [1.54, 1.807) is 31.2 Å². The predicted octanol–water partition coefficient (Wildman–Crippen LogP) is 3.70. The topological polar surface area (TPSA) is 40.6 Å². The first-order chi connectivity index (χ1) is 10.6. The minimum absolute atomic E-state index is 0.191. The molecule has 4 nitrogen and oxygen atoms in total. The smallest absolute Gasteiger partial charge is 0.282 e. The molecule has 1 heterocycles. The molecule has 0 aliphatic carbocycles. The number of benzene rings is 2. The summed E-state index contributed by atoms with van der Waals surface area (Å²) in [5.41, 5.74) is 1.60. The maximum absolute atomic E-state index is 12.6. The van der Waals surface area contributed by atoms with E-state index < -0.39 is 6.04 Å². The van der Waals surface area contributed by atoms with Crippen molar-refractivity contribution < 1.29 is 9.59 Å². The van der Waals surface area contributed by atoms with Crippen molar-refractivity contribution in [1.82, 2.24) is 4.90 Å². The molecule has 0 saturated carbocycles. The fraction of sp³-hybridized carbons (Fsp3) is 0.176. The van der Waals surface area contributed by atoms with Crippen LogP contribution in [-0.4, -0.2) is 22.9 Å². The molecule has 112 valence electrons. The van der Waals surface area contributed by atoms with E-state index in [0.717, 1.165) is 5.56 Å². The molecule has 1 atom stereocenters. The van der Waals surface area contributed by atoms with E-state index in [1.807, 2.05) is 30.3 Å². The molecule has 0 bridgehead atoms. The quantitative estimate of drug-likeness (QED) is 0.811. The highest BCUT2D eigenvalue weighted by atomic mass is 35.5. The highest BCUT2D eigenvalue weighted by molar-refractivity contribution is 6.30. The molecule has 22 heavy (non-hydrogen) atoms. The normalized spacial score (nSPS) is 18.2. The molecule has 1 aliphatic rings. The fourth-order valence-electron chi connectivity index (χ4n) is 2.57. The number of anilines is 1. The lowest BCUT2D eigenvalue weighted by Crippen LogP contribution is -2.33. The Hall–Kier alpha value is -2.33. The molecule has 0 N–H and O–H groups in total. The van der Waals surface area contributed by atoms with E-state index >= 15 is 0 Å². The third-order valence-corrected chi connectivity index (χ3v) is 3.99. The van der Waals surface area contributed by atoms with Crippen LogP contribution >= 0.6 is 11.6 Å². The van der Waals surface area contributed by atoms with E-state index in [2.05, 4.69) is 0 Å².